The van der Waals surface area contributed by atoms with Crippen molar-refractivity contribution in [1.82, 2.24) is 0 Å². The molecule has 0 fully saturated rings. The Hall–Kier alpha value is -1.12. The van der Waals surface area contributed by atoms with Crippen LogP contribution in [0.2, 0.25) is 0 Å². The van der Waals surface area contributed by atoms with Gasteiger partial charge in [0, 0.05) is 19.7 Å². The number of benzene rings is 1. The van der Waals surface area contributed by atoms with Gasteiger partial charge in [0.2, 0.25) is 0 Å². The average Bonchev–Trinajstić information content (AvgIpc) is 2.73. The molecule has 2 heteroatoms. The molecule has 3 aromatic rings. The summed E-state index contributed by atoms with van der Waals surface area (Å²) in [6.45, 7) is 3.80. The summed E-state index contributed by atoms with van der Waals surface area (Å²) < 4.78 is 4.16. The summed E-state index contributed by atoms with van der Waals surface area (Å²) in [6, 6.07) is 10.8. The second-order valence-electron chi connectivity index (χ2n) is 3.14. The van der Waals surface area contributed by atoms with Gasteiger partial charge in [-0.15, -0.1) is 22.7 Å². The Bertz CT molecular complexity index is 613. The minimum Gasteiger partial charge on any atom is -0.134 e. The molecule has 0 bridgehead atoms. The quantitative estimate of drug-likeness (QED) is 0.550. The van der Waals surface area contributed by atoms with Crippen LogP contribution in [0.25, 0.3) is 25.6 Å². The summed E-state index contributed by atoms with van der Waals surface area (Å²) >= 11 is 3.69. The van der Waals surface area contributed by atoms with Crippen LogP contribution in [0.3, 0.4) is 0 Å². The molecule has 0 aliphatic heterocycles. The minimum absolute atomic E-state index is 1.26. The van der Waals surface area contributed by atoms with Crippen LogP contribution in [0.15, 0.2) is 36.9 Å². The van der Waals surface area contributed by atoms with E-state index in [1.807, 2.05) is 28.7 Å². The highest BCUT2D eigenvalue weighted by molar-refractivity contribution is 7.33. The van der Waals surface area contributed by atoms with E-state index in [2.05, 4.69) is 36.9 Å². The van der Waals surface area contributed by atoms with Crippen LogP contribution in [0.5, 0.6) is 0 Å². The third kappa shape index (κ3) is 1.04. The lowest BCUT2D eigenvalue weighted by molar-refractivity contribution is 1.87. The Morgan fingerprint density at radius 3 is 2.79 bits per heavy atom. The molecular weight excluding hydrogens is 208 g/mol. The van der Waals surface area contributed by atoms with Gasteiger partial charge in [-0.3, -0.25) is 0 Å². The molecule has 0 atom stereocenters. The second kappa shape index (κ2) is 2.94. The molecular formula is C12H8S2. The van der Waals surface area contributed by atoms with Gasteiger partial charge >= 0.3 is 0 Å². The first-order chi connectivity index (χ1) is 6.88. The van der Waals surface area contributed by atoms with Gasteiger partial charge in [0.15, 0.2) is 0 Å². The number of rotatable bonds is 1. The first-order valence-electron chi connectivity index (χ1n) is 4.42. The zero-order valence-corrected chi connectivity index (χ0v) is 9.12. The van der Waals surface area contributed by atoms with E-state index in [0.717, 1.165) is 0 Å². The fourth-order valence-electron chi connectivity index (χ4n) is 1.62. The fraction of sp³-hybridized carbons (Fsp3) is 0. The highest BCUT2D eigenvalue weighted by Gasteiger charge is 2.06. The summed E-state index contributed by atoms with van der Waals surface area (Å²) in [5, 5.41) is 1.38. The SMILES string of the molecule is C=Cc1cc2sc3ccccc3c2s1. The standard InChI is InChI=1S/C12H8S2/c1-2-8-7-11-12(13-8)9-5-3-4-6-10(9)14-11/h2-7H,1H2. The van der Waals surface area contributed by atoms with Crippen LogP contribution in [0, 0.1) is 0 Å². The van der Waals surface area contributed by atoms with Gasteiger partial charge in [-0.25, -0.2) is 0 Å². The first-order valence-corrected chi connectivity index (χ1v) is 6.05. The van der Waals surface area contributed by atoms with Crippen molar-refractivity contribution in [2.45, 2.75) is 0 Å². The molecule has 68 valence electrons. The number of hydrogen-bond acceptors (Lipinski definition) is 2. The minimum atomic E-state index is 1.26. The van der Waals surface area contributed by atoms with Crippen molar-refractivity contribution in [3.8, 4) is 0 Å². The maximum Gasteiger partial charge on any atom is 0.0535 e. The monoisotopic (exact) mass is 216 g/mol. The molecule has 3 rings (SSSR count). The largest absolute Gasteiger partial charge is 0.134 e. The molecule has 0 nitrogen and oxygen atoms in total. The van der Waals surface area contributed by atoms with Crippen molar-refractivity contribution < 1.29 is 0 Å². The lowest BCUT2D eigenvalue weighted by Gasteiger charge is -1.86. The summed E-state index contributed by atoms with van der Waals surface area (Å²) in [5.74, 6) is 0. The maximum absolute atomic E-state index is 3.80. The lowest BCUT2D eigenvalue weighted by atomic mass is 10.2. The molecule has 2 aromatic heterocycles. The Morgan fingerprint density at radius 1 is 1.07 bits per heavy atom. The van der Waals surface area contributed by atoms with E-state index in [1.165, 1.54) is 24.4 Å². The fourth-order valence-corrected chi connectivity index (χ4v) is 4.00. The molecule has 0 aliphatic carbocycles. The lowest BCUT2D eigenvalue weighted by Crippen LogP contribution is -1.58. The van der Waals surface area contributed by atoms with Crippen molar-refractivity contribution in [1.29, 1.82) is 0 Å². The normalized spacial score (nSPS) is 11.1. The molecule has 0 unspecified atom stereocenters. The van der Waals surface area contributed by atoms with Gasteiger partial charge < -0.3 is 0 Å². The highest BCUT2D eigenvalue weighted by Crippen LogP contribution is 2.39. The Labute approximate surface area is 90.1 Å². The molecule has 1 aromatic carbocycles. The highest BCUT2D eigenvalue weighted by atomic mass is 32.1. The van der Waals surface area contributed by atoms with Gasteiger partial charge in [0.05, 0.1) is 4.70 Å². The van der Waals surface area contributed by atoms with Gasteiger partial charge in [-0.05, 0) is 12.1 Å². The number of thiophene rings is 2. The third-order valence-corrected chi connectivity index (χ3v) is 4.68. The van der Waals surface area contributed by atoms with E-state index in [4.69, 9.17) is 0 Å². The van der Waals surface area contributed by atoms with E-state index in [1.54, 1.807) is 0 Å². The van der Waals surface area contributed by atoms with E-state index >= 15 is 0 Å². The van der Waals surface area contributed by atoms with Crippen LogP contribution in [-0.4, -0.2) is 0 Å². The van der Waals surface area contributed by atoms with Crippen LogP contribution in [0.4, 0.5) is 0 Å². The van der Waals surface area contributed by atoms with Gasteiger partial charge in [-0.1, -0.05) is 30.9 Å². The molecule has 0 saturated carbocycles. The van der Waals surface area contributed by atoms with Crippen molar-refractivity contribution in [2.24, 2.45) is 0 Å². The molecule has 0 aliphatic rings. The maximum atomic E-state index is 3.80. The van der Waals surface area contributed by atoms with Crippen molar-refractivity contribution in [2.75, 3.05) is 0 Å². The zero-order valence-electron chi connectivity index (χ0n) is 7.49. The van der Waals surface area contributed by atoms with E-state index in [0.29, 0.717) is 0 Å². The van der Waals surface area contributed by atoms with Crippen molar-refractivity contribution >= 4 is 48.2 Å². The Balaban J connectivity index is 2.50. The van der Waals surface area contributed by atoms with Gasteiger partial charge in [0.25, 0.3) is 0 Å². The zero-order chi connectivity index (χ0) is 9.54. The van der Waals surface area contributed by atoms with E-state index in [-0.39, 0.29) is 0 Å². The van der Waals surface area contributed by atoms with Crippen molar-refractivity contribution in [3.05, 3.63) is 41.8 Å². The smallest absolute Gasteiger partial charge is 0.0535 e. The summed E-state index contributed by atoms with van der Waals surface area (Å²) in [4.78, 5) is 1.26. The number of hydrogen-bond donors (Lipinski definition) is 0. The predicted octanol–water partition coefficient (Wildman–Crippen LogP) is 4.76. The van der Waals surface area contributed by atoms with E-state index < -0.39 is 0 Å². The van der Waals surface area contributed by atoms with Gasteiger partial charge in [-0.2, -0.15) is 0 Å². The Kier molecular flexibility index (Phi) is 1.72. The predicted molar refractivity (Wildman–Crippen MR) is 67.3 cm³/mol. The summed E-state index contributed by atoms with van der Waals surface area (Å²) in [5.41, 5.74) is 0. The molecule has 0 spiro atoms. The van der Waals surface area contributed by atoms with Crippen LogP contribution < -0.4 is 0 Å². The molecule has 0 radical (unpaired) electrons. The van der Waals surface area contributed by atoms with Crippen LogP contribution >= 0.6 is 22.7 Å². The topological polar surface area (TPSA) is 0 Å². The third-order valence-electron chi connectivity index (χ3n) is 2.27. The average molecular weight is 216 g/mol. The summed E-state index contributed by atoms with van der Waals surface area (Å²) in [7, 11) is 0. The van der Waals surface area contributed by atoms with Crippen molar-refractivity contribution in [3.63, 3.8) is 0 Å². The first kappa shape index (κ1) is 8.21. The Morgan fingerprint density at radius 2 is 1.93 bits per heavy atom. The van der Waals surface area contributed by atoms with Gasteiger partial charge in [0.1, 0.15) is 0 Å². The molecule has 0 N–H and O–H groups in total. The summed E-state index contributed by atoms with van der Waals surface area (Å²) in [6.07, 6.45) is 1.92. The van der Waals surface area contributed by atoms with E-state index in [9.17, 15) is 0 Å². The van der Waals surface area contributed by atoms with Crippen LogP contribution in [-0.2, 0) is 0 Å². The molecule has 14 heavy (non-hydrogen) atoms. The molecule has 0 amide bonds. The van der Waals surface area contributed by atoms with Crippen LogP contribution in [0.1, 0.15) is 4.88 Å². The molecule has 0 saturated heterocycles. The molecule has 2 heterocycles. The number of fused-ring (bicyclic) bond motifs is 3. The second-order valence-corrected chi connectivity index (χ2v) is 5.31.